The van der Waals surface area contributed by atoms with E-state index in [4.69, 9.17) is 9.47 Å². The fraction of sp³-hybridized carbons (Fsp3) is 0.263. The van der Waals surface area contributed by atoms with Gasteiger partial charge in [0, 0.05) is 6.08 Å². The van der Waals surface area contributed by atoms with E-state index >= 15 is 0 Å². The molecule has 0 spiro atoms. The molecular weight excluding hydrogens is 306 g/mol. The van der Waals surface area contributed by atoms with E-state index < -0.39 is 4.92 Å². The first kappa shape index (κ1) is 17.5. The molecule has 0 unspecified atom stereocenters. The lowest BCUT2D eigenvalue weighted by Gasteiger charge is -2.22. The number of nitrogens with zero attached hydrogens (tertiary/aromatic N) is 1. The molecule has 5 nitrogen and oxygen atoms in total. The summed E-state index contributed by atoms with van der Waals surface area (Å²) in [6.07, 6.45) is 2.33. The average molecular weight is 327 g/mol. The van der Waals surface area contributed by atoms with Crippen molar-refractivity contribution in [1.29, 1.82) is 0 Å². The Balaban J connectivity index is 2.15. The lowest BCUT2D eigenvalue weighted by molar-refractivity contribution is -0.400. The average Bonchev–Trinajstić information content (AvgIpc) is 2.47. The highest BCUT2D eigenvalue weighted by molar-refractivity contribution is 5.51. The van der Waals surface area contributed by atoms with Gasteiger partial charge in [0.1, 0.15) is 22.8 Å². The smallest absolute Gasteiger partial charge is 0.235 e. The van der Waals surface area contributed by atoms with Gasteiger partial charge in [-0.05, 0) is 69.2 Å². The summed E-state index contributed by atoms with van der Waals surface area (Å²) >= 11 is 0. The van der Waals surface area contributed by atoms with Crippen molar-refractivity contribution in [2.24, 2.45) is 0 Å². The highest BCUT2D eigenvalue weighted by Crippen LogP contribution is 2.29. The zero-order valence-electron chi connectivity index (χ0n) is 14.3. The summed E-state index contributed by atoms with van der Waals surface area (Å²) in [5.74, 6) is 2.12. The molecule has 0 amide bonds. The van der Waals surface area contributed by atoms with Crippen molar-refractivity contribution >= 4 is 6.08 Å². The number of ether oxygens (including phenoxy) is 2. The van der Waals surface area contributed by atoms with E-state index in [9.17, 15) is 10.1 Å². The van der Waals surface area contributed by atoms with Crippen molar-refractivity contribution in [2.45, 2.75) is 33.3 Å². The molecule has 2 rings (SSSR count). The molecule has 0 saturated heterocycles. The second-order valence-electron chi connectivity index (χ2n) is 6.42. The van der Waals surface area contributed by atoms with Gasteiger partial charge < -0.3 is 9.47 Å². The van der Waals surface area contributed by atoms with Gasteiger partial charge in [0.2, 0.25) is 6.20 Å². The van der Waals surface area contributed by atoms with Crippen LogP contribution in [0.5, 0.6) is 17.2 Å². The SMILES string of the molecule is Cc1cc(Oc2cccc(/C=C/[N+](=O)[O-])c2)ccc1OC(C)(C)C. The summed E-state index contributed by atoms with van der Waals surface area (Å²) in [7, 11) is 0. The third kappa shape index (κ3) is 5.43. The van der Waals surface area contributed by atoms with E-state index in [1.807, 2.05) is 45.9 Å². The van der Waals surface area contributed by atoms with Gasteiger partial charge in [-0.2, -0.15) is 0 Å². The molecule has 24 heavy (non-hydrogen) atoms. The maximum Gasteiger partial charge on any atom is 0.235 e. The van der Waals surface area contributed by atoms with Gasteiger partial charge in [-0.1, -0.05) is 12.1 Å². The summed E-state index contributed by atoms with van der Waals surface area (Å²) in [6.45, 7) is 7.96. The maximum atomic E-state index is 10.4. The summed E-state index contributed by atoms with van der Waals surface area (Å²) in [6, 6.07) is 12.7. The maximum absolute atomic E-state index is 10.4. The molecule has 0 aliphatic carbocycles. The topological polar surface area (TPSA) is 61.6 Å². The number of hydrogen-bond acceptors (Lipinski definition) is 4. The summed E-state index contributed by atoms with van der Waals surface area (Å²) in [4.78, 5) is 9.90. The lowest BCUT2D eigenvalue weighted by atomic mass is 10.1. The van der Waals surface area contributed by atoms with Crippen molar-refractivity contribution in [3.8, 4) is 17.2 Å². The van der Waals surface area contributed by atoms with Crippen LogP contribution in [-0.4, -0.2) is 10.5 Å². The van der Waals surface area contributed by atoms with Gasteiger partial charge in [0.15, 0.2) is 0 Å². The van der Waals surface area contributed by atoms with Crippen molar-refractivity contribution in [3.05, 3.63) is 69.9 Å². The molecule has 0 fully saturated rings. The number of rotatable bonds is 5. The molecule has 0 aromatic heterocycles. The number of nitro groups is 1. The van der Waals surface area contributed by atoms with Gasteiger partial charge in [-0.15, -0.1) is 0 Å². The fourth-order valence-electron chi connectivity index (χ4n) is 2.09. The molecule has 2 aromatic rings. The molecule has 2 aromatic carbocycles. The van der Waals surface area contributed by atoms with E-state index in [0.29, 0.717) is 17.1 Å². The van der Waals surface area contributed by atoms with Gasteiger partial charge in [-0.3, -0.25) is 10.1 Å². The van der Waals surface area contributed by atoms with Crippen LogP contribution >= 0.6 is 0 Å². The molecule has 5 heteroatoms. The summed E-state index contributed by atoms with van der Waals surface area (Å²) in [5, 5.41) is 10.4. The van der Waals surface area contributed by atoms with E-state index in [1.165, 1.54) is 6.08 Å². The van der Waals surface area contributed by atoms with Crippen molar-refractivity contribution in [2.75, 3.05) is 0 Å². The largest absolute Gasteiger partial charge is 0.488 e. The normalized spacial score (nSPS) is 11.5. The predicted molar refractivity (Wildman–Crippen MR) is 94.1 cm³/mol. The van der Waals surface area contributed by atoms with Gasteiger partial charge in [-0.25, -0.2) is 0 Å². The van der Waals surface area contributed by atoms with Crippen LogP contribution in [0.2, 0.25) is 0 Å². The van der Waals surface area contributed by atoms with Crippen LogP contribution in [0.1, 0.15) is 31.9 Å². The Morgan fingerprint density at radius 2 is 1.79 bits per heavy atom. The molecule has 0 radical (unpaired) electrons. The Kier molecular flexibility index (Phi) is 5.24. The fourth-order valence-corrected chi connectivity index (χ4v) is 2.09. The Hall–Kier alpha value is -2.82. The van der Waals surface area contributed by atoms with E-state index in [0.717, 1.165) is 17.5 Å². The summed E-state index contributed by atoms with van der Waals surface area (Å²) in [5.41, 5.74) is 1.42. The zero-order valence-corrected chi connectivity index (χ0v) is 14.3. The van der Waals surface area contributed by atoms with Gasteiger partial charge in [0.05, 0.1) is 4.92 Å². The second-order valence-corrected chi connectivity index (χ2v) is 6.42. The van der Waals surface area contributed by atoms with E-state index in [2.05, 4.69) is 0 Å². The van der Waals surface area contributed by atoms with Crippen LogP contribution in [0.25, 0.3) is 6.08 Å². The Labute approximate surface area is 141 Å². The molecule has 0 aliphatic rings. The van der Waals surface area contributed by atoms with E-state index in [1.54, 1.807) is 24.3 Å². The molecule has 126 valence electrons. The molecular formula is C19H21NO4. The third-order valence-electron chi connectivity index (χ3n) is 3.05. The van der Waals surface area contributed by atoms with Crippen LogP contribution in [0.15, 0.2) is 48.7 Å². The Morgan fingerprint density at radius 3 is 2.42 bits per heavy atom. The van der Waals surface area contributed by atoms with E-state index in [-0.39, 0.29) is 5.60 Å². The third-order valence-corrected chi connectivity index (χ3v) is 3.05. The van der Waals surface area contributed by atoms with Crippen molar-refractivity contribution in [3.63, 3.8) is 0 Å². The zero-order chi connectivity index (χ0) is 17.7. The van der Waals surface area contributed by atoms with Crippen molar-refractivity contribution < 1.29 is 14.4 Å². The molecule has 0 N–H and O–H groups in total. The second kappa shape index (κ2) is 7.17. The highest BCUT2D eigenvalue weighted by Gasteiger charge is 2.13. The lowest BCUT2D eigenvalue weighted by Crippen LogP contribution is -2.23. The first-order chi connectivity index (χ1) is 11.2. The molecule has 0 heterocycles. The van der Waals surface area contributed by atoms with Crippen molar-refractivity contribution in [1.82, 2.24) is 0 Å². The monoisotopic (exact) mass is 327 g/mol. The quantitative estimate of drug-likeness (QED) is 0.558. The number of hydrogen-bond donors (Lipinski definition) is 0. The first-order valence-electron chi connectivity index (χ1n) is 7.62. The minimum atomic E-state index is -0.495. The standard InChI is InChI=1S/C19H21NO4/c1-14-12-17(8-9-18(14)24-19(2,3)4)23-16-7-5-6-15(13-16)10-11-20(21)22/h5-13H,1-4H3/b11-10+. The van der Waals surface area contributed by atoms with Gasteiger partial charge in [0.25, 0.3) is 0 Å². The molecule has 0 aliphatic heterocycles. The minimum Gasteiger partial charge on any atom is -0.488 e. The summed E-state index contributed by atoms with van der Waals surface area (Å²) < 4.78 is 11.7. The Morgan fingerprint density at radius 1 is 1.08 bits per heavy atom. The Bertz CT molecular complexity index is 760. The van der Waals surface area contributed by atoms with Gasteiger partial charge >= 0.3 is 0 Å². The van der Waals surface area contributed by atoms with Crippen LogP contribution in [0, 0.1) is 17.0 Å². The number of benzene rings is 2. The van der Waals surface area contributed by atoms with Crippen LogP contribution in [0.3, 0.4) is 0 Å². The molecule has 0 bridgehead atoms. The molecule has 0 atom stereocenters. The number of aryl methyl sites for hydroxylation is 1. The van der Waals surface area contributed by atoms with Crippen LogP contribution < -0.4 is 9.47 Å². The van der Waals surface area contributed by atoms with Crippen LogP contribution in [-0.2, 0) is 0 Å². The van der Waals surface area contributed by atoms with Crippen LogP contribution in [0.4, 0.5) is 0 Å². The minimum absolute atomic E-state index is 0.259. The molecule has 0 saturated carbocycles. The predicted octanol–water partition coefficient (Wildman–Crippen LogP) is 5.21. The first-order valence-corrected chi connectivity index (χ1v) is 7.62. The highest BCUT2D eigenvalue weighted by atomic mass is 16.6.